The van der Waals surface area contributed by atoms with Crippen LogP contribution in [0.25, 0.3) is 0 Å². The number of carbonyl (C=O) groups excluding carboxylic acids is 2. The summed E-state index contributed by atoms with van der Waals surface area (Å²) in [4.78, 5) is 24.4. The van der Waals surface area contributed by atoms with E-state index in [1.165, 1.54) is 0 Å². The number of carbonyl (C=O) groups is 2. The first-order valence-electron chi connectivity index (χ1n) is 7.82. The lowest BCUT2D eigenvalue weighted by atomic mass is 10.1. The molecule has 0 aliphatic rings. The average Bonchev–Trinajstić information content (AvgIpc) is 3.06. The summed E-state index contributed by atoms with van der Waals surface area (Å²) in [5, 5.41) is 5.71. The molecule has 2 aromatic rings. The molecule has 2 rings (SSSR count). The van der Waals surface area contributed by atoms with Gasteiger partial charge in [0.1, 0.15) is 5.76 Å². The molecule has 23 heavy (non-hydrogen) atoms. The highest BCUT2D eigenvalue weighted by atomic mass is 16.3. The molecule has 1 atom stereocenters. The van der Waals surface area contributed by atoms with E-state index in [0.717, 1.165) is 12.2 Å². The van der Waals surface area contributed by atoms with E-state index in [9.17, 15) is 9.59 Å². The number of benzene rings is 1. The molecule has 0 aliphatic carbocycles. The minimum Gasteiger partial charge on any atom is -0.469 e. The normalized spacial score (nSPS) is 11.7. The number of nitrogens with one attached hydrogen (secondary N) is 2. The van der Waals surface area contributed by atoms with Crippen LogP contribution in [0.4, 0.5) is 5.69 Å². The lowest BCUT2D eigenvalue weighted by Crippen LogP contribution is -2.32. The van der Waals surface area contributed by atoms with Crippen molar-refractivity contribution in [3.05, 3.63) is 54.0 Å². The molecular formula is C18H22N2O3. The fourth-order valence-electron chi connectivity index (χ4n) is 2.10. The Morgan fingerprint density at radius 3 is 2.65 bits per heavy atom. The van der Waals surface area contributed by atoms with Gasteiger partial charge in [-0.05, 0) is 37.6 Å². The Morgan fingerprint density at radius 2 is 1.96 bits per heavy atom. The molecule has 0 bridgehead atoms. The minimum atomic E-state index is -0.179. The van der Waals surface area contributed by atoms with Gasteiger partial charge in [-0.1, -0.05) is 19.1 Å². The van der Waals surface area contributed by atoms with Crippen LogP contribution in [0.1, 0.15) is 42.8 Å². The second-order valence-electron chi connectivity index (χ2n) is 5.46. The molecule has 2 amide bonds. The fraction of sp³-hybridized carbons (Fsp3) is 0.333. The zero-order chi connectivity index (χ0) is 16.7. The van der Waals surface area contributed by atoms with Gasteiger partial charge in [-0.3, -0.25) is 9.59 Å². The number of rotatable bonds is 7. The standard InChI is InChI=1S/C18H22N2O3/c1-3-13(2)19-18(22)15-8-4-5-9-16(15)20-17(21)11-10-14-7-6-12-23-14/h4-9,12-13H,3,10-11H2,1-2H3,(H,19,22)(H,20,21). The first-order valence-corrected chi connectivity index (χ1v) is 7.82. The van der Waals surface area contributed by atoms with E-state index in [2.05, 4.69) is 10.6 Å². The second-order valence-corrected chi connectivity index (χ2v) is 5.46. The lowest BCUT2D eigenvalue weighted by molar-refractivity contribution is -0.116. The summed E-state index contributed by atoms with van der Waals surface area (Å²) in [6.07, 6.45) is 3.26. The van der Waals surface area contributed by atoms with E-state index >= 15 is 0 Å². The fourth-order valence-corrected chi connectivity index (χ4v) is 2.10. The molecule has 0 saturated heterocycles. The van der Waals surface area contributed by atoms with Crippen molar-refractivity contribution in [1.29, 1.82) is 0 Å². The van der Waals surface area contributed by atoms with Crippen molar-refractivity contribution < 1.29 is 14.0 Å². The van der Waals surface area contributed by atoms with Gasteiger partial charge in [0.2, 0.25) is 5.91 Å². The van der Waals surface area contributed by atoms with Gasteiger partial charge in [0.25, 0.3) is 5.91 Å². The number of hydrogen-bond acceptors (Lipinski definition) is 3. The molecule has 0 radical (unpaired) electrons. The topological polar surface area (TPSA) is 71.3 Å². The Bertz CT molecular complexity index is 650. The molecule has 0 saturated carbocycles. The molecule has 0 fully saturated rings. The van der Waals surface area contributed by atoms with Crippen LogP contribution in [0.15, 0.2) is 47.1 Å². The van der Waals surface area contributed by atoms with Crippen molar-refractivity contribution in [3.8, 4) is 0 Å². The van der Waals surface area contributed by atoms with Crippen LogP contribution in [0.3, 0.4) is 0 Å². The highest BCUT2D eigenvalue weighted by Gasteiger charge is 2.14. The van der Waals surface area contributed by atoms with Gasteiger partial charge in [0, 0.05) is 18.9 Å². The van der Waals surface area contributed by atoms with Gasteiger partial charge in [-0.25, -0.2) is 0 Å². The third kappa shape index (κ3) is 4.98. The van der Waals surface area contributed by atoms with Crippen molar-refractivity contribution in [3.63, 3.8) is 0 Å². The molecule has 1 unspecified atom stereocenters. The maximum atomic E-state index is 12.3. The Labute approximate surface area is 136 Å². The van der Waals surface area contributed by atoms with Crippen LogP contribution in [-0.2, 0) is 11.2 Å². The number of hydrogen-bond donors (Lipinski definition) is 2. The summed E-state index contributed by atoms with van der Waals surface area (Å²) in [6.45, 7) is 3.95. The van der Waals surface area contributed by atoms with E-state index in [1.807, 2.05) is 19.9 Å². The summed E-state index contributed by atoms with van der Waals surface area (Å²) in [6, 6.07) is 10.7. The quantitative estimate of drug-likeness (QED) is 0.823. The summed E-state index contributed by atoms with van der Waals surface area (Å²) in [5.41, 5.74) is 0.997. The molecule has 1 aromatic heterocycles. The SMILES string of the molecule is CCC(C)NC(=O)c1ccccc1NC(=O)CCc1ccco1. The first-order chi connectivity index (χ1) is 11.1. The van der Waals surface area contributed by atoms with Crippen LogP contribution < -0.4 is 10.6 Å². The van der Waals surface area contributed by atoms with E-state index in [-0.39, 0.29) is 17.9 Å². The predicted octanol–water partition coefficient (Wildman–Crippen LogP) is 3.38. The third-order valence-electron chi connectivity index (χ3n) is 3.61. The first kappa shape index (κ1) is 16.8. The van der Waals surface area contributed by atoms with Crippen LogP contribution in [0.2, 0.25) is 0 Å². The summed E-state index contributed by atoms with van der Waals surface area (Å²) < 4.78 is 5.21. The third-order valence-corrected chi connectivity index (χ3v) is 3.61. The Balaban J connectivity index is 1.99. The van der Waals surface area contributed by atoms with Gasteiger partial charge in [-0.2, -0.15) is 0 Å². The molecule has 0 spiro atoms. The summed E-state index contributed by atoms with van der Waals surface area (Å²) >= 11 is 0. The number of para-hydroxylation sites is 1. The Kier molecular flexibility index (Phi) is 5.97. The number of anilines is 1. The highest BCUT2D eigenvalue weighted by Crippen LogP contribution is 2.16. The molecule has 1 heterocycles. The summed E-state index contributed by atoms with van der Waals surface area (Å²) in [7, 11) is 0. The van der Waals surface area contributed by atoms with Crippen LogP contribution in [0, 0.1) is 0 Å². The maximum absolute atomic E-state index is 12.3. The predicted molar refractivity (Wildman–Crippen MR) is 89.3 cm³/mol. The monoisotopic (exact) mass is 314 g/mol. The van der Waals surface area contributed by atoms with Crippen molar-refractivity contribution in [2.75, 3.05) is 5.32 Å². The van der Waals surface area contributed by atoms with Gasteiger partial charge in [0.05, 0.1) is 17.5 Å². The molecule has 0 aliphatic heterocycles. The zero-order valence-electron chi connectivity index (χ0n) is 13.5. The number of furan rings is 1. The van der Waals surface area contributed by atoms with Crippen molar-refractivity contribution in [1.82, 2.24) is 5.32 Å². The molecular weight excluding hydrogens is 292 g/mol. The molecule has 5 heteroatoms. The van der Waals surface area contributed by atoms with Gasteiger partial charge < -0.3 is 15.1 Å². The molecule has 5 nitrogen and oxygen atoms in total. The van der Waals surface area contributed by atoms with Crippen LogP contribution >= 0.6 is 0 Å². The second kappa shape index (κ2) is 8.17. The Morgan fingerprint density at radius 1 is 1.17 bits per heavy atom. The molecule has 1 aromatic carbocycles. The smallest absolute Gasteiger partial charge is 0.253 e. The van der Waals surface area contributed by atoms with Gasteiger partial charge in [0.15, 0.2) is 0 Å². The average molecular weight is 314 g/mol. The van der Waals surface area contributed by atoms with E-state index < -0.39 is 0 Å². The van der Waals surface area contributed by atoms with Crippen molar-refractivity contribution >= 4 is 17.5 Å². The van der Waals surface area contributed by atoms with E-state index in [1.54, 1.807) is 36.6 Å². The number of aryl methyl sites for hydroxylation is 1. The summed E-state index contributed by atoms with van der Waals surface area (Å²) in [5.74, 6) is 0.439. The number of amides is 2. The van der Waals surface area contributed by atoms with Crippen molar-refractivity contribution in [2.24, 2.45) is 0 Å². The van der Waals surface area contributed by atoms with Crippen molar-refractivity contribution in [2.45, 2.75) is 39.2 Å². The highest BCUT2D eigenvalue weighted by molar-refractivity contribution is 6.03. The molecule has 122 valence electrons. The minimum absolute atomic E-state index is 0.0882. The Hall–Kier alpha value is -2.56. The van der Waals surface area contributed by atoms with E-state index in [0.29, 0.717) is 24.1 Å². The molecule has 2 N–H and O–H groups in total. The zero-order valence-corrected chi connectivity index (χ0v) is 13.5. The van der Waals surface area contributed by atoms with Crippen LogP contribution in [-0.4, -0.2) is 17.9 Å². The largest absolute Gasteiger partial charge is 0.469 e. The van der Waals surface area contributed by atoms with Crippen LogP contribution in [0.5, 0.6) is 0 Å². The van der Waals surface area contributed by atoms with Gasteiger partial charge >= 0.3 is 0 Å². The van der Waals surface area contributed by atoms with Gasteiger partial charge in [-0.15, -0.1) is 0 Å². The van der Waals surface area contributed by atoms with E-state index in [4.69, 9.17) is 4.42 Å². The lowest BCUT2D eigenvalue weighted by Gasteiger charge is -2.14. The maximum Gasteiger partial charge on any atom is 0.253 e.